The highest BCUT2D eigenvalue weighted by Crippen LogP contribution is 2.39. The van der Waals surface area contributed by atoms with Gasteiger partial charge in [0.2, 0.25) is 5.91 Å². The Morgan fingerprint density at radius 2 is 1.65 bits per heavy atom. The first-order valence-corrected chi connectivity index (χ1v) is 12.0. The SMILES string of the molecule is [B]c1ccc(C2CC(c3c(C)nc4ccc([B])cc4c3-c3ccccc3)=NN2C(=O)CCC(=O)O)cc1. The summed E-state index contributed by atoms with van der Waals surface area (Å²) >= 11 is 0. The fourth-order valence-electron chi connectivity index (χ4n) is 4.86. The Kier molecular flexibility index (Phi) is 6.66. The number of amides is 1. The fraction of sp³-hybridized carbons (Fsp3) is 0.172. The van der Waals surface area contributed by atoms with Crippen molar-refractivity contribution in [1.29, 1.82) is 0 Å². The summed E-state index contributed by atoms with van der Waals surface area (Å²) in [5, 5.41) is 16.2. The number of carbonyl (C=O) groups excluding carboxylic acids is 1. The lowest BCUT2D eigenvalue weighted by Crippen LogP contribution is -2.27. The highest BCUT2D eigenvalue weighted by atomic mass is 16.4. The van der Waals surface area contributed by atoms with Crippen LogP contribution in [0.4, 0.5) is 0 Å². The van der Waals surface area contributed by atoms with Crippen LogP contribution in [0.15, 0.2) is 77.9 Å². The molecule has 37 heavy (non-hydrogen) atoms. The molecule has 1 unspecified atom stereocenters. The molecule has 0 saturated carbocycles. The predicted molar refractivity (Wildman–Crippen MR) is 147 cm³/mol. The monoisotopic (exact) mass is 483 g/mol. The molecule has 5 rings (SSSR count). The number of hydrogen-bond donors (Lipinski definition) is 1. The van der Waals surface area contributed by atoms with Crippen molar-refractivity contribution in [3.8, 4) is 11.1 Å². The van der Waals surface area contributed by atoms with E-state index in [1.165, 1.54) is 5.01 Å². The van der Waals surface area contributed by atoms with Crippen molar-refractivity contribution in [2.45, 2.75) is 32.2 Å². The lowest BCUT2D eigenvalue weighted by Gasteiger charge is -2.22. The van der Waals surface area contributed by atoms with Crippen LogP contribution in [0.5, 0.6) is 0 Å². The number of pyridine rings is 1. The van der Waals surface area contributed by atoms with Gasteiger partial charge in [0.15, 0.2) is 0 Å². The molecule has 0 saturated heterocycles. The minimum Gasteiger partial charge on any atom is -0.481 e. The molecule has 178 valence electrons. The maximum absolute atomic E-state index is 13.2. The van der Waals surface area contributed by atoms with Gasteiger partial charge in [-0.15, -0.1) is 0 Å². The molecule has 0 aliphatic carbocycles. The van der Waals surface area contributed by atoms with E-state index >= 15 is 0 Å². The second kappa shape index (κ2) is 10.1. The number of nitrogens with zero attached hydrogens (tertiary/aromatic N) is 3. The molecule has 4 aromatic rings. The van der Waals surface area contributed by atoms with Gasteiger partial charge in [-0.1, -0.05) is 77.7 Å². The molecule has 1 aromatic heterocycles. The van der Waals surface area contributed by atoms with E-state index in [2.05, 4.69) is 0 Å². The molecular weight excluding hydrogens is 460 g/mol. The summed E-state index contributed by atoms with van der Waals surface area (Å²) < 4.78 is 0. The van der Waals surface area contributed by atoms with Crippen LogP contribution in [0.2, 0.25) is 0 Å². The lowest BCUT2D eigenvalue weighted by molar-refractivity contribution is -0.141. The Morgan fingerprint density at radius 1 is 0.946 bits per heavy atom. The van der Waals surface area contributed by atoms with E-state index in [0.29, 0.717) is 23.1 Å². The molecular formula is C29H23B2N3O3. The standard InChI is InChI=1S/C29H23B2N3O3/c1-17-28(29(19-5-3-2-4-6-19)22-15-21(31)11-12-23(22)32-17)24-16-25(18-7-9-20(30)10-8-18)34(33-24)26(35)13-14-27(36)37/h2-12,15,25H,13-14,16H2,1H3,(H,36,37). The third-order valence-electron chi connectivity index (χ3n) is 6.58. The average Bonchev–Trinajstić information content (AvgIpc) is 3.32. The predicted octanol–water partition coefficient (Wildman–Crippen LogP) is 3.34. The van der Waals surface area contributed by atoms with Gasteiger partial charge in [-0.25, -0.2) is 5.01 Å². The number of aryl methyl sites for hydroxylation is 1. The molecule has 4 radical (unpaired) electrons. The van der Waals surface area contributed by atoms with Gasteiger partial charge < -0.3 is 5.11 Å². The van der Waals surface area contributed by atoms with Crippen molar-refractivity contribution in [2.75, 3.05) is 0 Å². The average molecular weight is 483 g/mol. The molecule has 6 nitrogen and oxygen atoms in total. The van der Waals surface area contributed by atoms with Crippen molar-refractivity contribution in [1.82, 2.24) is 9.99 Å². The van der Waals surface area contributed by atoms with E-state index in [-0.39, 0.29) is 18.7 Å². The van der Waals surface area contributed by atoms with E-state index in [1.807, 2.05) is 67.6 Å². The Hall–Kier alpha value is -4.19. The Bertz CT molecular complexity index is 1540. The quantitative estimate of drug-likeness (QED) is 0.427. The fourth-order valence-corrected chi connectivity index (χ4v) is 4.86. The molecule has 2 heterocycles. The van der Waals surface area contributed by atoms with Crippen LogP contribution >= 0.6 is 0 Å². The van der Waals surface area contributed by atoms with Crippen molar-refractivity contribution in [3.05, 3.63) is 89.6 Å². The van der Waals surface area contributed by atoms with Crippen molar-refractivity contribution in [2.24, 2.45) is 5.10 Å². The molecule has 0 bridgehead atoms. The zero-order chi connectivity index (χ0) is 26.1. The molecule has 0 fully saturated rings. The van der Waals surface area contributed by atoms with Crippen LogP contribution in [-0.4, -0.2) is 48.4 Å². The van der Waals surface area contributed by atoms with E-state index in [4.69, 9.17) is 30.9 Å². The van der Waals surface area contributed by atoms with Gasteiger partial charge >= 0.3 is 5.97 Å². The molecule has 8 heteroatoms. The number of aromatic nitrogens is 1. The molecule has 0 spiro atoms. The summed E-state index contributed by atoms with van der Waals surface area (Å²) in [6.07, 6.45) is 0.0350. The zero-order valence-electron chi connectivity index (χ0n) is 20.4. The number of carboxylic acids is 1. The summed E-state index contributed by atoms with van der Waals surface area (Å²) in [5.74, 6) is -1.38. The van der Waals surface area contributed by atoms with Crippen molar-refractivity contribution in [3.63, 3.8) is 0 Å². The minimum absolute atomic E-state index is 0.144. The Balaban J connectivity index is 1.69. The molecule has 1 amide bonds. The Morgan fingerprint density at radius 3 is 2.35 bits per heavy atom. The van der Waals surface area contributed by atoms with Crippen molar-refractivity contribution < 1.29 is 14.7 Å². The maximum atomic E-state index is 13.2. The second-order valence-corrected chi connectivity index (χ2v) is 9.16. The molecule has 1 aliphatic rings. The van der Waals surface area contributed by atoms with E-state index in [0.717, 1.165) is 38.9 Å². The van der Waals surface area contributed by atoms with E-state index < -0.39 is 12.0 Å². The van der Waals surface area contributed by atoms with E-state index in [9.17, 15) is 9.59 Å². The number of carboxylic acid groups (broad SMARTS) is 1. The first-order chi connectivity index (χ1) is 17.8. The number of benzene rings is 3. The van der Waals surface area contributed by atoms with Gasteiger partial charge in [-0.2, -0.15) is 5.10 Å². The first-order valence-electron chi connectivity index (χ1n) is 12.0. The number of carbonyl (C=O) groups is 2. The molecule has 1 atom stereocenters. The number of rotatable bonds is 6. The highest BCUT2D eigenvalue weighted by Gasteiger charge is 2.35. The molecule has 3 aromatic carbocycles. The van der Waals surface area contributed by atoms with Crippen LogP contribution in [0.25, 0.3) is 22.0 Å². The third-order valence-corrected chi connectivity index (χ3v) is 6.58. The number of fused-ring (bicyclic) bond motifs is 1. The van der Waals surface area contributed by atoms with E-state index in [1.54, 1.807) is 12.1 Å². The summed E-state index contributed by atoms with van der Waals surface area (Å²) in [6, 6.07) is 22.6. The lowest BCUT2D eigenvalue weighted by atomic mass is 9.86. The maximum Gasteiger partial charge on any atom is 0.303 e. The topological polar surface area (TPSA) is 82.9 Å². The normalized spacial score (nSPS) is 15.1. The summed E-state index contributed by atoms with van der Waals surface area (Å²) in [5.41, 5.74) is 7.20. The third kappa shape index (κ3) is 4.92. The van der Waals surface area contributed by atoms with Crippen molar-refractivity contribution >= 4 is 55.1 Å². The number of aliphatic carboxylic acids is 1. The van der Waals surface area contributed by atoms with Crippen LogP contribution in [0, 0.1) is 6.92 Å². The van der Waals surface area contributed by atoms with Crippen LogP contribution in [0.1, 0.15) is 42.1 Å². The smallest absolute Gasteiger partial charge is 0.303 e. The van der Waals surface area contributed by atoms with Gasteiger partial charge in [-0.05, 0) is 24.1 Å². The molecule has 1 N–H and O–H groups in total. The largest absolute Gasteiger partial charge is 0.481 e. The van der Waals surface area contributed by atoms with Crippen LogP contribution < -0.4 is 10.9 Å². The van der Waals surface area contributed by atoms with Gasteiger partial charge in [0.1, 0.15) is 15.7 Å². The summed E-state index contributed by atoms with van der Waals surface area (Å²) in [4.78, 5) is 29.2. The van der Waals surface area contributed by atoms with Crippen LogP contribution in [0.3, 0.4) is 0 Å². The zero-order valence-corrected chi connectivity index (χ0v) is 20.4. The van der Waals surface area contributed by atoms with Gasteiger partial charge in [-0.3, -0.25) is 14.6 Å². The molecule has 1 aliphatic heterocycles. The minimum atomic E-state index is -1.03. The van der Waals surface area contributed by atoms with Crippen LogP contribution in [-0.2, 0) is 9.59 Å². The van der Waals surface area contributed by atoms with Gasteiger partial charge in [0.05, 0.1) is 23.7 Å². The number of hydrogen-bond acceptors (Lipinski definition) is 4. The highest BCUT2D eigenvalue weighted by molar-refractivity contribution is 6.33. The number of hydrazone groups is 1. The first kappa shape index (κ1) is 24.5. The second-order valence-electron chi connectivity index (χ2n) is 9.16. The summed E-state index contributed by atoms with van der Waals surface area (Å²) in [6.45, 7) is 1.94. The van der Waals surface area contributed by atoms with Gasteiger partial charge in [0.25, 0.3) is 0 Å². The summed E-state index contributed by atoms with van der Waals surface area (Å²) in [7, 11) is 12.1. The van der Waals surface area contributed by atoms with Gasteiger partial charge in [0, 0.05) is 35.0 Å². The Labute approximate surface area is 217 Å².